The van der Waals surface area contributed by atoms with Crippen LogP contribution in [-0.2, 0) is 5.41 Å². The fraction of sp³-hybridized carbons (Fsp3) is 0.0227. The summed E-state index contributed by atoms with van der Waals surface area (Å²) in [4.78, 5) is 4.60. The summed E-state index contributed by atoms with van der Waals surface area (Å²) in [6, 6.07) is 57.0. The Balaban J connectivity index is 1.42. The van der Waals surface area contributed by atoms with Gasteiger partial charge in [-0.2, -0.15) is 10.5 Å². The molecular weight excluding hydrogens is 571 g/mol. The minimum Gasteiger partial charge on any atom is -0.264 e. The predicted molar refractivity (Wildman–Crippen MR) is 187 cm³/mol. The highest BCUT2D eigenvalue weighted by atomic mass is 14.6. The van der Waals surface area contributed by atoms with Crippen LogP contribution in [0.2, 0.25) is 0 Å². The van der Waals surface area contributed by atoms with Crippen LogP contribution in [0.1, 0.15) is 33.4 Å². The molecule has 0 N–H and O–H groups in total. The SMILES string of the molecule is N#Cc1ccc(-c2cc(-c3ccc(C#N)cc3)cc(-c3cccc4c3-c3ccccc3C4(c3ccccc3)c3cccnc3)c2)cc1. The molecule has 218 valence electrons. The number of pyridine rings is 1. The smallest absolute Gasteiger partial charge is 0.0991 e. The third-order valence-corrected chi connectivity index (χ3v) is 9.31. The van der Waals surface area contributed by atoms with E-state index in [1.807, 2.05) is 67.0 Å². The number of nitrogens with zero attached hydrogens (tertiary/aromatic N) is 3. The van der Waals surface area contributed by atoms with Gasteiger partial charge in [-0.05, 0) is 115 Å². The summed E-state index contributed by atoms with van der Waals surface area (Å²) in [7, 11) is 0. The van der Waals surface area contributed by atoms with Crippen molar-refractivity contribution in [2.45, 2.75) is 5.41 Å². The Hall–Kier alpha value is -6.55. The van der Waals surface area contributed by atoms with Crippen molar-refractivity contribution >= 4 is 0 Å². The summed E-state index contributed by atoms with van der Waals surface area (Å²) >= 11 is 0. The Morgan fingerprint density at radius 2 is 1.00 bits per heavy atom. The minimum absolute atomic E-state index is 0.544. The van der Waals surface area contributed by atoms with E-state index in [-0.39, 0.29) is 0 Å². The average Bonchev–Trinajstić information content (AvgIpc) is 3.47. The van der Waals surface area contributed by atoms with Gasteiger partial charge in [0.1, 0.15) is 0 Å². The van der Waals surface area contributed by atoms with Crippen LogP contribution in [0.15, 0.2) is 164 Å². The topological polar surface area (TPSA) is 60.5 Å². The first-order chi connectivity index (χ1) is 23.2. The van der Waals surface area contributed by atoms with Crippen LogP contribution < -0.4 is 0 Å². The molecule has 0 aliphatic heterocycles. The van der Waals surface area contributed by atoms with Gasteiger partial charge in [0, 0.05) is 12.4 Å². The fourth-order valence-corrected chi connectivity index (χ4v) is 7.22. The molecule has 0 saturated carbocycles. The molecular formula is C44H27N3. The number of rotatable bonds is 5. The van der Waals surface area contributed by atoms with E-state index in [1.54, 1.807) is 0 Å². The molecule has 1 aliphatic rings. The molecule has 7 aromatic rings. The maximum absolute atomic E-state index is 9.43. The second kappa shape index (κ2) is 11.4. The molecule has 1 aromatic heterocycles. The standard InChI is InChI=1S/C44H27N3/c45-27-30-15-19-32(20-16-30)34-24-35(33-21-17-31(28-46)18-22-33)26-36(25-34)39-12-6-14-42-43(39)40-11-4-5-13-41(40)44(42,37-8-2-1-3-9-37)38-10-7-23-47-29-38/h1-26,29H. The van der Waals surface area contributed by atoms with Crippen molar-refractivity contribution in [3.8, 4) is 56.6 Å². The van der Waals surface area contributed by atoms with Crippen molar-refractivity contribution in [2.75, 3.05) is 0 Å². The van der Waals surface area contributed by atoms with Crippen LogP contribution in [0.5, 0.6) is 0 Å². The van der Waals surface area contributed by atoms with Gasteiger partial charge in [0.25, 0.3) is 0 Å². The molecule has 1 heterocycles. The molecule has 1 atom stereocenters. The second-order valence-electron chi connectivity index (χ2n) is 11.8. The lowest BCUT2D eigenvalue weighted by Crippen LogP contribution is -2.28. The molecule has 0 radical (unpaired) electrons. The van der Waals surface area contributed by atoms with Gasteiger partial charge in [-0.25, -0.2) is 0 Å². The van der Waals surface area contributed by atoms with Gasteiger partial charge in [-0.3, -0.25) is 4.98 Å². The lowest BCUT2D eigenvalue weighted by Gasteiger charge is -2.33. The van der Waals surface area contributed by atoms with E-state index >= 15 is 0 Å². The number of benzene rings is 6. The van der Waals surface area contributed by atoms with E-state index in [2.05, 4.69) is 114 Å². The van der Waals surface area contributed by atoms with Crippen molar-refractivity contribution in [3.63, 3.8) is 0 Å². The fourth-order valence-electron chi connectivity index (χ4n) is 7.22. The van der Waals surface area contributed by atoms with E-state index < -0.39 is 5.41 Å². The summed E-state index contributed by atoms with van der Waals surface area (Å²) in [6.45, 7) is 0. The van der Waals surface area contributed by atoms with E-state index in [0.717, 1.165) is 38.9 Å². The zero-order valence-electron chi connectivity index (χ0n) is 25.4. The summed E-state index contributed by atoms with van der Waals surface area (Å²) in [5, 5.41) is 18.9. The highest BCUT2D eigenvalue weighted by Crippen LogP contribution is 2.58. The van der Waals surface area contributed by atoms with Crippen molar-refractivity contribution in [2.24, 2.45) is 0 Å². The van der Waals surface area contributed by atoms with Crippen molar-refractivity contribution < 1.29 is 0 Å². The van der Waals surface area contributed by atoms with Crippen LogP contribution >= 0.6 is 0 Å². The van der Waals surface area contributed by atoms with Gasteiger partial charge < -0.3 is 0 Å². The molecule has 8 rings (SSSR count). The predicted octanol–water partition coefficient (Wildman–Crippen LogP) is 10.2. The highest BCUT2D eigenvalue weighted by Gasteiger charge is 2.46. The third-order valence-electron chi connectivity index (χ3n) is 9.31. The molecule has 3 nitrogen and oxygen atoms in total. The van der Waals surface area contributed by atoms with Crippen LogP contribution in [0.4, 0.5) is 0 Å². The first kappa shape index (κ1) is 28.0. The maximum atomic E-state index is 9.43. The molecule has 6 aromatic carbocycles. The first-order valence-electron chi connectivity index (χ1n) is 15.6. The van der Waals surface area contributed by atoms with Gasteiger partial charge >= 0.3 is 0 Å². The lowest BCUT2D eigenvalue weighted by molar-refractivity contribution is 0.763. The molecule has 0 spiro atoms. The third kappa shape index (κ3) is 4.54. The second-order valence-corrected chi connectivity index (χ2v) is 11.8. The Morgan fingerprint density at radius 3 is 1.62 bits per heavy atom. The molecule has 0 bridgehead atoms. The lowest BCUT2D eigenvalue weighted by atomic mass is 9.68. The maximum Gasteiger partial charge on any atom is 0.0991 e. The number of hydrogen-bond acceptors (Lipinski definition) is 3. The molecule has 0 saturated heterocycles. The van der Waals surface area contributed by atoms with Crippen LogP contribution in [0, 0.1) is 22.7 Å². The molecule has 3 heteroatoms. The van der Waals surface area contributed by atoms with Gasteiger partial charge in [0.05, 0.1) is 28.7 Å². The zero-order valence-corrected chi connectivity index (χ0v) is 25.4. The quantitative estimate of drug-likeness (QED) is 0.198. The largest absolute Gasteiger partial charge is 0.264 e. The first-order valence-corrected chi connectivity index (χ1v) is 15.6. The molecule has 47 heavy (non-hydrogen) atoms. The van der Waals surface area contributed by atoms with E-state index in [4.69, 9.17) is 0 Å². The van der Waals surface area contributed by atoms with Crippen molar-refractivity contribution in [1.29, 1.82) is 10.5 Å². The molecule has 1 unspecified atom stereocenters. The van der Waals surface area contributed by atoms with Crippen LogP contribution in [-0.4, -0.2) is 4.98 Å². The summed E-state index contributed by atoms with van der Waals surface area (Å²) in [5.74, 6) is 0. The number of hydrogen-bond donors (Lipinski definition) is 0. The Kier molecular flexibility index (Phi) is 6.80. The average molecular weight is 598 g/mol. The zero-order chi connectivity index (χ0) is 31.8. The van der Waals surface area contributed by atoms with Gasteiger partial charge in [0.15, 0.2) is 0 Å². The Labute approximate surface area is 274 Å². The van der Waals surface area contributed by atoms with E-state index in [0.29, 0.717) is 11.1 Å². The Morgan fingerprint density at radius 1 is 0.447 bits per heavy atom. The van der Waals surface area contributed by atoms with E-state index in [1.165, 1.54) is 27.8 Å². The van der Waals surface area contributed by atoms with Gasteiger partial charge in [-0.15, -0.1) is 0 Å². The molecule has 0 fully saturated rings. The van der Waals surface area contributed by atoms with Crippen molar-refractivity contribution in [1.82, 2.24) is 4.98 Å². The monoisotopic (exact) mass is 597 g/mol. The van der Waals surface area contributed by atoms with Crippen LogP contribution in [0.3, 0.4) is 0 Å². The van der Waals surface area contributed by atoms with Crippen molar-refractivity contribution in [3.05, 3.63) is 197 Å². The number of aromatic nitrogens is 1. The summed E-state index contributed by atoms with van der Waals surface area (Å²) in [5.41, 5.74) is 14.3. The molecule has 0 amide bonds. The highest BCUT2D eigenvalue weighted by molar-refractivity contribution is 5.97. The van der Waals surface area contributed by atoms with Gasteiger partial charge in [-0.1, -0.05) is 103 Å². The number of fused-ring (bicyclic) bond motifs is 3. The van der Waals surface area contributed by atoms with Crippen LogP contribution in [0.25, 0.3) is 44.5 Å². The summed E-state index contributed by atoms with van der Waals surface area (Å²) in [6.07, 6.45) is 3.83. The number of nitriles is 2. The minimum atomic E-state index is -0.544. The summed E-state index contributed by atoms with van der Waals surface area (Å²) < 4.78 is 0. The normalized spacial score (nSPS) is 14.4. The Bertz CT molecular complexity index is 2230. The van der Waals surface area contributed by atoms with E-state index in [9.17, 15) is 10.5 Å². The molecule has 1 aliphatic carbocycles. The van der Waals surface area contributed by atoms with Gasteiger partial charge in [0.2, 0.25) is 0 Å².